The Labute approximate surface area is 122 Å². The maximum atomic E-state index is 12.8. The van der Waals surface area contributed by atoms with Gasteiger partial charge in [0.05, 0.1) is 5.92 Å². The summed E-state index contributed by atoms with van der Waals surface area (Å²) in [5, 5.41) is 0. The molecule has 2 rings (SSSR count). The predicted molar refractivity (Wildman–Crippen MR) is 75.5 cm³/mol. The van der Waals surface area contributed by atoms with Crippen molar-refractivity contribution in [3.63, 3.8) is 0 Å². The first kappa shape index (κ1) is 15.7. The molecule has 1 amide bonds. The molecule has 21 heavy (non-hydrogen) atoms. The summed E-state index contributed by atoms with van der Waals surface area (Å²) in [5.74, 6) is -1.74. The van der Waals surface area contributed by atoms with Crippen molar-refractivity contribution in [3.8, 4) is 0 Å². The Morgan fingerprint density at radius 1 is 1.33 bits per heavy atom. The van der Waals surface area contributed by atoms with Crippen molar-refractivity contribution in [3.05, 3.63) is 29.8 Å². The monoisotopic (exact) mass is 300 g/mol. The topological polar surface area (TPSA) is 23.6 Å². The summed E-state index contributed by atoms with van der Waals surface area (Å²) in [6.45, 7) is 0.145. The standard InChI is InChI=1S/C15H19F3N2O/c1-19(2)13-7-3-5-11(9-13)14(21)20-8-4-6-12(10-20)15(16,17)18/h3,5,7,9,12H,4,6,8,10H2,1-2H3. The zero-order valence-electron chi connectivity index (χ0n) is 12.2. The van der Waals surface area contributed by atoms with E-state index in [1.54, 1.807) is 18.2 Å². The summed E-state index contributed by atoms with van der Waals surface area (Å²) in [4.78, 5) is 15.6. The van der Waals surface area contributed by atoms with Crippen molar-refractivity contribution >= 4 is 11.6 Å². The molecule has 1 aromatic carbocycles. The fraction of sp³-hybridized carbons (Fsp3) is 0.533. The summed E-state index contributed by atoms with van der Waals surface area (Å²) in [7, 11) is 3.70. The van der Waals surface area contributed by atoms with Gasteiger partial charge < -0.3 is 9.80 Å². The summed E-state index contributed by atoms with van der Waals surface area (Å²) in [5.41, 5.74) is 1.29. The molecule has 0 saturated carbocycles. The largest absolute Gasteiger partial charge is 0.393 e. The summed E-state index contributed by atoms with van der Waals surface area (Å²) < 4.78 is 38.4. The van der Waals surface area contributed by atoms with Gasteiger partial charge in [0.1, 0.15) is 0 Å². The molecule has 1 unspecified atom stereocenters. The highest BCUT2D eigenvalue weighted by Crippen LogP contribution is 2.33. The molecular formula is C15H19F3N2O. The number of carbonyl (C=O) groups excluding carboxylic acids is 1. The van der Waals surface area contributed by atoms with E-state index in [-0.39, 0.29) is 18.9 Å². The number of carbonyl (C=O) groups is 1. The lowest BCUT2D eigenvalue weighted by Crippen LogP contribution is -2.44. The molecule has 1 aliphatic rings. The van der Waals surface area contributed by atoms with E-state index in [1.165, 1.54) is 4.90 Å². The maximum absolute atomic E-state index is 12.8. The van der Waals surface area contributed by atoms with E-state index in [4.69, 9.17) is 0 Å². The highest BCUT2D eigenvalue weighted by Gasteiger charge is 2.42. The van der Waals surface area contributed by atoms with Gasteiger partial charge in [0.2, 0.25) is 0 Å². The quantitative estimate of drug-likeness (QED) is 0.837. The van der Waals surface area contributed by atoms with Crippen LogP contribution in [-0.2, 0) is 0 Å². The van der Waals surface area contributed by atoms with Crippen molar-refractivity contribution in [2.24, 2.45) is 5.92 Å². The molecule has 1 aliphatic heterocycles. The Balaban J connectivity index is 2.14. The first-order chi connectivity index (χ1) is 9.79. The number of piperidine rings is 1. The Hall–Kier alpha value is -1.72. The second kappa shape index (κ2) is 5.95. The van der Waals surface area contributed by atoms with Crippen LogP contribution in [0.5, 0.6) is 0 Å². The van der Waals surface area contributed by atoms with Gasteiger partial charge in [0.25, 0.3) is 5.91 Å². The molecule has 0 aliphatic carbocycles. The van der Waals surface area contributed by atoms with Crippen LogP contribution >= 0.6 is 0 Å². The third kappa shape index (κ3) is 3.68. The lowest BCUT2D eigenvalue weighted by atomic mass is 9.97. The van der Waals surface area contributed by atoms with Gasteiger partial charge in [0, 0.05) is 38.4 Å². The molecule has 116 valence electrons. The Kier molecular flexibility index (Phi) is 4.44. The van der Waals surface area contributed by atoms with Crippen LogP contribution in [0.4, 0.5) is 18.9 Å². The number of likely N-dealkylation sites (tertiary alicyclic amines) is 1. The zero-order chi connectivity index (χ0) is 15.6. The Morgan fingerprint density at radius 3 is 2.67 bits per heavy atom. The first-order valence-corrected chi connectivity index (χ1v) is 6.92. The van der Waals surface area contributed by atoms with Crippen LogP contribution in [0.25, 0.3) is 0 Å². The van der Waals surface area contributed by atoms with Gasteiger partial charge >= 0.3 is 6.18 Å². The molecule has 1 saturated heterocycles. The average Bonchev–Trinajstić information content (AvgIpc) is 2.46. The number of amides is 1. The molecule has 1 atom stereocenters. The molecule has 0 bridgehead atoms. The minimum atomic E-state index is -4.23. The lowest BCUT2D eigenvalue weighted by molar-refractivity contribution is -0.184. The molecule has 0 radical (unpaired) electrons. The molecule has 0 spiro atoms. The molecule has 3 nitrogen and oxygen atoms in total. The predicted octanol–water partition coefficient (Wildman–Crippen LogP) is 3.17. The van der Waals surface area contributed by atoms with Crippen molar-refractivity contribution in [2.45, 2.75) is 19.0 Å². The molecular weight excluding hydrogens is 281 g/mol. The molecule has 0 N–H and O–H groups in total. The summed E-state index contributed by atoms with van der Waals surface area (Å²) in [6.07, 6.45) is -3.74. The zero-order valence-corrected chi connectivity index (χ0v) is 12.2. The number of anilines is 1. The third-order valence-corrected chi connectivity index (χ3v) is 3.78. The number of halogens is 3. The summed E-state index contributed by atoms with van der Waals surface area (Å²) >= 11 is 0. The Bertz CT molecular complexity index is 514. The van der Waals surface area contributed by atoms with Crippen LogP contribution in [0.15, 0.2) is 24.3 Å². The van der Waals surface area contributed by atoms with E-state index in [9.17, 15) is 18.0 Å². The second-order valence-electron chi connectivity index (χ2n) is 5.58. The van der Waals surface area contributed by atoms with E-state index in [2.05, 4.69) is 0 Å². The van der Waals surface area contributed by atoms with E-state index in [1.807, 2.05) is 25.1 Å². The van der Waals surface area contributed by atoms with E-state index in [0.29, 0.717) is 18.5 Å². The van der Waals surface area contributed by atoms with Gasteiger partial charge in [-0.15, -0.1) is 0 Å². The fourth-order valence-electron chi connectivity index (χ4n) is 2.53. The number of rotatable bonds is 2. The maximum Gasteiger partial charge on any atom is 0.393 e. The SMILES string of the molecule is CN(C)c1cccc(C(=O)N2CCCC(C(F)(F)F)C2)c1. The van der Waals surface area contributed by atoms with Crippen LogP contribution in [0.2, 0.25) is 0 Å². The smallest absolute Gasteiger partial charge is 0.378 e. The Morgan fingerprint density at radius 2 is 2.05 bits per heavy atom. The van der Waals surface area contributed by atoms with Crippen LogP contribution in [0.1, 0.15) is 23.2 Å². The van der Waals surface area contributed by atoms with E-state index in [0.717, 1.165) is 5.69 Å². The van der Waals surface area contributed by atoms with Gasteiger partial charge in [-0.3, -0.25) is 4.79 Å². The van der Waals surface area contributed by atoms with Crippen LogP contribution in [0, 0.1) is 5.92 Å². The number of hydrogen-bond acceptors (Lipinski definition) is 2. The molecule has 0 aromatic heterocycles. The van der Waals surface area contributed by atoms with Gasteiger partial charge in [-0.25, -0.2) is 0 Å². The van der Waals surface area contributed by atoms with Crippen molar-refractivity contribution < 1.29 is 18.0 Å². The minimum Gasteiger partial charge on any atom is -0.378 e. The number of hydrogen-bond donors (Lipinski definition) is 0. The lowest BCUT2D eigenvalue weighted by Gasteiger charge is -2.33. The molecule has 1 heterocycles. The average molecular weight is 300 g/mol. The number of nitrogens with zero attached hydrogens (tertiary/aromatic N) is 2. The van der Waals surface area contributed by atoms with Crippen LogP contribution in [-0.4, -0.2) is 44.2 Å². The first-order valence-electron chi connectivity index (χ1n) is 6.92. The van der Waals surface area contributed by atoms with Gasteiger partial charge in [0.15, 0.2) is 0 Å². The fourth-order valence-corrected chi connectivity index (χ4v) is 2.53. The summed E-state index contributed by atoms with van der Waals surface area (Å²) in [6, 6.07) is 6.95. The minimum absolute atomic E-state index is 0.102. The van der Waals surface area contributed by atoms with E-state index < -0.39 is 12.1 Å². The molecule has 6 heteroatoms. The van der Waals surface area contributed by atoms with Crippen LogP contribution in [0.3, 0.4) is 0 Å². The van der Waals surface area contributed by atoms with Gasteiger partial charge in [-0.1, -0.05) is 6.07 Å². The van der Waals surface area contributed by atoms with Gasteiger partial charge in [-0.05, 0) is 31.0 Å². The van der Waals surface area contributed by atoms with Crippen LogP contribution < -0.4 is 4.90 Å². The van der Waals surface area contributed by atoms with E-state index >= 15 is 0 Å². The van der Waals surface area contributed by atoms with Gasteiger partial charge in [-0.2, -0.15) is 13.2 Å². The highest BCUT2D eigenvalue weighted by molar-refractivity contribution is 5.95. The van der Waals surface area contributed by atoms with Crippen molar-refractivity contribution in [2.75, 3.05) is 32.1 Å². The normalized spacial score (nSPS) is 19.5. The number of benzene rings is 1. The van der Waals surface area contributed by atoms with Crippen molar-refractivity contribution in [1.29, 1.82) is 0 Å². The second-order valence-corrected chi connectivity index (χ2v) is 5.58. The number of alkyl halides is 3. The van der Waals surface area contributed by atoms with Crippen molar-refractivity contribution in [1.82, 2.24) is 4.90 Å². The molecule has 1 fully saturated rings. The third-order valence-electron chi connectivity index (χ3n) is 3.78. The molecule has 1 aromatic rings. The highest BCUT2D eigenvalue weighted by atomic mass is 19.4.